The van der Waals surface area contributed by atoms with E-state index in [2.05, 4.69) is 21.2 Å². The third kappa shape index (κ3) is 4.27. The van der Waals surface area contributed by atoms with Crippen LogP contribution >= 0.6 is 15.9 Å². The molecule has 0 unspecified atom stereocenters. The molecule has 5 heteroatoms. The second kappa shape index (κ2) is 8.22. The van der Waals surface area contributed by atoms with Crippen LogP contribution < -0.4 is 10.8 Å². The summed E-state index contributed by atoms with van der Waals surface area (Å²) in [5.41, 5.74) is 0.336. The maximum Gasteiger partial charge on any atom is 0.254 e. The fourth-order valence-electron chi connectivity index (χ4n) is 0.928. The average Bonchev–Trinajstić information content (AvgIpc) is 2.25. The summed E-state index contributed by atoms with van der Waals surface area (Å²) in [6, 6.07) is 3.03. The van der Waals surface area contributed by atoms with Crippen LogP contribution in [0.15, 0.2) is 16.6 Å². The number of amides is 1. The Balaban J connectivity index is 0. The van der Waals surface area contributed by atoms with Crippen LogP contribution in [0.25, 0.3) is 0 Å². The van der Waals surface area contributed by atoms with Gasteiger partial charge in [0.05, 0.1) is 5.56 Å². The summed E-state index contributed by atoms with van der Waals surface area (Å²) in [4.78, 5) is 11.2. The lowest BCUT2D eigenvalue weighted by Gasteiger charge is -2.06. The van der Waals surface area contributed by atoms with Crippen molar-refractivity contribution in [3.63, 3.8) is 0 Å². The van der Waals surface area contributed by atoms with E-state index in [9.17, 15) is 9.90 Å². The molecule has 88 valence electrons. The van der Waals surface area contributed by atoms with Crippen molar-refractivity contribution in [2.45, 2.75) is 21.3 Å². The molecule has 1 amide bonds. The Morgan fingerprint density at radius 1 is 1.44 bits per heavy atom. The van der Waals surface area contributed by atoms with E-state index in [0.717, 1.165) is 0 Å². The van der Waals surface area contributed by atoms with Crippen molar-refractivity contribution in [2.24, 2.45) is 0 Å². The molecule has 0 bridgehead atoms. The number of phenolic OH excluding ortho intramolecular Hbond substituents is 1. The van der Waals surface area contributed by atoms with Gasteiger partial charge in [-0.2, -0.15) is 0 Å². The van der Waals surface area contributed by atoms with Crippen molar-refractivity contribution >= 4 is 35.1 Å². The van der Waals surface area contributed by atoms with Crippen molar-refractivity contribution < 1.29 is 9.90 Å². The molecule has 0 aromatic heterocycles. The topological polar surface area (TPSA) is 49.3 Å². The first-order valence-electron chi connectivity index (χ1n) is 4.56. The Morgan fingerprint density at radius 2 is 1.94 bits per heavy atom. The number of carbonyl (C=O) groups excluding carboxylic acids is 1. The SMILES string of the molecule is C.CC.[B]c1cc(Br)cc(C(=O)NC)c1O. The lowest BCUT2D eigenvalue weighted by Crippen LogP contribution is -2.20. The Hall–Kier alpha value is -0.965. The van der Waals surface area contributed by atoms with E-state index >= 15 is 0 Å². The van der Waals surface area contributed by atoms with Crippen LogP contribution in [0.3, 0.4) is 0 Å². The first-order chi connectivity index (χ1) is 7.06. The van der Waals surface area contributed by atoms with E-state index in [4.69, 9.17) is 7.85 Å². The van der Waals surface area contributed by atoms with E-state index in [1.54, 1.807) is 0 Å². The van der Waals surface area contributed by atoms with Gasteiger partial charge in [-0.15, -0.1) is 0 Å². The van der Waals surface area contributed by atoms with Crippen molar-refractivity contribution in [1.82, 2.24) is 5.32 Å². The number of hydrogen-bond acceptors (Lipinski definition) is 2. The molecule has 0 aliphatic rings. The molecule has 1 aromatic carbocycles. The predicted octanol–water partition coefficient (Wildman–Crippen LogP) is 1.97. The number of halogens is 1. The summed E-state index contributed by atoms with van der Waals surface area (Å²) < 4.78 is 0.654. The second-order valence-electron chi connectivity index (χ2n) is 2.47. The minimum atomic E-state index is -0.370. The molecule has 1 aromatic rings. The lowest BCUT2D eigenvalue weighted by atomic mass is 9.92. The van der Waals surface area contributed by atoms with Crippen LogP contribution in [0, 0.1) is 0 Å². The van der Waals surface area contributed by atoms with Crippen molar-refractivity contribution in [3.8, 4) is 5.75 Å². The zero-order chi connectivity index (χ0) is 12.0. The number of nitrogens with one attached hydrogen (secondary N) is 1. The van der Waals surface area contributed by atoms with Crippen LogP contribution in [-0.2, 0) is 0 Å². The molecule has 0 saturated heterocycles. The Labute approximate surface area is 107 Å². The van der Waals surface area contributed by atoms with Gasteiger partial charge in [0.25, 0.3) is 5.91 Å². The van der Waals surface area contributed by atoms with Gasteiger partial charge >= 0.3 is 0 Å². The summed E-state index contributed by atoms with van der Waals surface area (Å²) in [5, 5.41) is 11.8. The molecule has 2 radical (unpaired) electrons. The van der Waals surface area contributed by atoms with E-state index in [1.165, 1.54) is 19.2 Å². The largest absolute Gasteiger partial charge is 0.508 e. The molecular formula is C11H17BBrNO2. The van der Waals surface area contributed by atoms with Crippen molar-refractivity contribution in [3.05, 3.63) is 22.2 Å². The number of carbonyl (C=O) groups is 1. The third-order valence-corrected chi connectivity index (χ3v) is 2.03. The van der Waals surface area contributed by atoms with Gasteiger partial charge < -0.3 is 10.4 Å². The molecular weight excluding hydrogens is 269 g/mol. The number of rotatable bonds is 1. The Kier molecular flexibility index (Phi) is 8.95. The van der Waals surface area contributed by atoms with E-state index in [-0.39, 0.29) is 30.1 Å². The number of hydrogen-bond donors (Lipinski definition) is 2. The van der Waals surface area contributed by atoms with Crippen LogP contribution in [0.2, 0.25) is 0 Å². The van der Waals surface area contributed by atoms with Gasteiger partial charge in [0, 0.05) is 11.5 Å². The average molecular weight is 286 g/mol. The van der Waals surface area contributed by atoms with Crippen LogP contribution in [-0.4, -0.2) is 25.9 Å². The zero-order valence-corrected chi connectivity index (χ0v) is 10.6. The summed E-state index contributed by atoms with van der Waals surface area (Å²) in [7, 11) is 6.94. The highest BCUT2D eigenvalue weighted by Gasteiger charge is 2.11. The number of benzene rings is 1. The highest BCUT2D eigenvalue weighted by molar-refractivity contribution is 9.10. The maximum atomic E-state index is 11.2. The zero-order valence-electron chi connectivity index (χ0n) is 8.97. The molecule has 0 spiro atoms. The Bertz CT molecular complexity index is 356. The molecule has 0 atom stereocenters. The molecule has 16 heavy (non-hydrogen) atoms. The lowest BCUT2D eigenvalue weighted by molar-refractivity contribution is 0.0960. The van der Waals surface area contributed by atoms with Crippen LogP contribution in [0.5, 0.6) is 5.75 Å². The number of phenols is 1. The van der Waals surface area contributed by atoms with Crippen molar-refractivity contribution in [2.75, 3.05) is 7.05 Å². The second-order valence-corrected chi connectivity index (χ2v) is 3.39. The summed E-state index contributed by atoms with van der Waals surface area (Å²) in [6.07, 6.45) is 0. The van der Waals surface area contributed by atoms with E-state index in [0.29, 0.717) is 4.47 Å². The third-order valence-electron chi connectivity index (χ3n) is 1.58. The van der Waals surface area contributed by atoms with Gasteiger partial charge in [0.1, 0.15) is 13.6 Å². The molecule has 0 heterocycles. The van der Waals surface area contributed by atoms with E-state index in [1.807, 2.05) is 13.8 Å². The summed E-state index contributed by atoms with van der Waals surface area (Å²) in [6.45, 7) is 4.00. The first kappa shape index (κ1) is 17.4. The van der Waals surface area contributed by atoms with Gasteiger partial charge in [-0.05, 0) is 6.07 Å². The smallest absolute Gasteiger partial charge is 0.254 e. The number of aromatic hydroxyl groups is 1. The van der Waals surface area contributed by atoms with Crippen molar-refractivity contribution in [1.29, 1.82) is 0 Å². The monoisotopic (exact) mass is 285 g/mol. The minimum Gasteiger partial charge on any atom is -0.508 e. The fourth-order valence-corrected chi connectivity index (χ4v) is 1.40. The van der Waals surface area contributed by atoms with E-state index < -0.39 is 0 Å². The summed E-state index contributed by atoms with van der Waals surface area (Å²) >= 11 is 3.17. The highest BCUT2D eigenvalue weighted by Crippen LogP contribution is 2.18. The van der Waals surface area contributed by atoms with Gasteiger partial charge in [-0.3, -0.25) is 4.79 Å². The first-order valence-corrected chi connectivity index (χ1v) is 5.35. The molecule has 1 rings (SSSR count). The molecule has 2 N–H and O–H groups in total. The summed E-state index contributed by atoms with van der Waals surface area (Å²) in [5.74, 6) is -0.562. The standard InChI is InChI=1S/C8H7BBrNO2.C2H6.CH4/c1-11-8(13)5-2-4(10)3-6(9)7(5)12;1-2;/h2-3,12H,1H3,(H,11,13);1-2H3;1H4. The van der Waals surface area contributed by atoms with Gasteiger partial charge in [0.2, 0.25) is 0 Å². The normalized spacial score (nSPS) is 8.25. The molecule has 0 saturated carbocycles. The van der Waals surface area contributed by atoms with Gasteiger partial charge in [-0.25, -0.2) is 0 Å². The molecule has 0 aliphatic heterocycles. The van der Waals surface area contributed by atoms with Crippen LogP contribution in [0.1, 0.15) is 31.6 Å². The quantitative estimate of drug-likeness (QED) is 0.775. The van der Waals surface area contributed by atoms with Crippen LogP contribution in [0.4, 0.5) is 0 Å². The Morgan fingerprint density at radius 3 is 2.38 bits per heavy atom. The van der Waals surface area contributed by atoms with Gasteiger partial charge in [0.15, 0.2) is 0 Å². The molecule has 0 aliphatic carbocycles. The maximum absolute atomic E-state index is 11.2. The van der Waals surface area contributed by atoms with Gasteiger partial charge in [-0.1, -0.05) is 48.7 Å². The minimum absolute atomic E-state index is 0. The highest BCUT2D eigenvalue weighted by atomic mass is 79.9. The predicted molar refractivity (Wildman–Crippen MR) is 72.7 cm³/mol. The molecule has 3 nitrogen and oxygen atoms in total. The fraction of sp³-hybridized carbons (Fsp3) is 0.364. The molecule has 0 fully saturated rings.